The van der Waals surface area contributed by atoms with Gasteiger partial charge >= 0.3 is 0 Å². The van der Waals surface area contributed by atoms with Crippen molar-refractivity contribution in [1.29, 1.82) is 0 Å². The second-order valence-corrected chi connectivity index (χ2v) is 11.5. The van der Waals surface area contributed by atoms with E-state index in [4.69, 9.17) is 4.98 Å². The molecule has 0 atom stereocenters. The number of hydrogen-bond donors (Lipinski definition) is 0. The monoisotopic (exact) mass is 521 g/mol. The van der Waals surface area contributed by atoms with Crippen molar-refractivity contribution in [3.63, 3.8) is 0 Å². The molecule has 0 amide bonds. The van der Waals surface area contributed by atoms with E-state index in [1.807, 2.05) is 6.20 Å². The maximum Gasteiger partial charge on any atom is 0.241 e. The lowest BCUT2D eigenvalue weighted by atomic mass is 9.65. The molecule has 5 rings (SSSR count). The average Bonchev–Trinajstić information content (AvgIpc) is 3.45. The van der Waals surface area contributed by atoms with Gasteiger partial charge in [0.15, 0.2) is 0 Å². The zero-order chi connectivity index (χ0) is 26.5. The fourth-order valence-electron chi connectivity index (χ4n) is 4.92. The molecule has 4 heteroatoms. The third-order valence-corrected chi connectivity index (χ3v) is 8.51. The summed E-state index contributed by atoms with van der Waals surface area (Å²) in [4.78, 5) is 4.70. The SMILES string of the molecule is [B](C(=Cc1ccccc1)c1ccccc1)c1nccn1C[SiH2]CC=CCC(c1ccccc1)c1ccccc1. The van der Waals surface area contributed by atoms with Gasteiger partial charge in [-0.2, -0.15) is 0 Å². The second kappa shape index (κ2) is 14.1. The summed E-state index contributed by atoms with van der Waals surface area (Å²) in [5.41, 5.74) is 7.33. The van der Waals surface area contributed by atoms with Gasteiger partial charge in [0.2, 0.25) is 7.28 Å². The molecule has 0 fully saturated rings. The first-order valence-electron chi connectivity index (χ1n) is 13.8. The Kier molecular flexibility index (Phi) is 9.58. The molecule has 0 spiro atoms. The fraction of sp³-hybridized carbons (Fsp3) is 0.114. The predicted molar refractivity (Wildman–Crippen MR) is 170 cm³/mol. The highest BCUT2D eigenvalue weighted by molar-refractivity contribution is 6.73. The van der Waals surface area contributed by atoms with E-state index in [0.717, 1.165) is 18.3 Å². The van der Waals surface area contributed by atoms with Gasteiger partial charge in [-0.15, -0.1) is 0 Å². The van der Waals surface area contributed by atoms with Crippen molar-refractivity contribution in [3.05, 3.63) is 168 Å². The molecule has 1 radical (unpaired) electrons. The highest BCUT2D eigenvalue weighted by atomic mass is 28.2. The van der Waals surface area contributed by atoms with Gasteiger partial charge in [0.05, 0.1) is 5.72 Å². The molecule has 0 bridgehead atoms. The van der Waals surface area contributed by atoms with Crippen LogP contribution in [0.1, 0.15) is 34.6 Å². The highest BCUT2D eigenvalue weighted by Gasteiger charge is 2.13. The molecule has 0 saturated heterocycles. The van der Waals surface area contributed by atoms with Crippen LogP contribution in [0.5, 0.6) is 0 Å². The van der Waals surface area contributed by atoms with Crippen molar-refractivity contribution < 1.29 is 0 Å². The molecule has 2 nitrogen and oxygen atoms in total. The third kappa shape index (κ3) is 7.68. The van der Waals surface area contributed by atoms with Crippen LogP contribution in [0.4, 0.5) is 0 Å². The molecule has 39 heavy (non-hydrogen) atoms. The van der Waals surface area contributed by atoms with Crippen LogP contribution in [0.15, 0.2) is 146 Å². The van der Waals surface area contributed by atoms with Crippen molar-refractivity contribution in [1.82, 2.24) is 9.55 Å². The summed E-state index contributed by atoms with van der Waals surface area (Å²) in [6.45, 7) is 0. The summed E-state index contributed by atoms with van der Waals surface area (Å²) in [5, 5.41) is 0. The second-order valence-electron chi connectivity index (χ2n) is 9.72. The molecule has 0 saturated carbocycles. The van der Waals surface area contributed by atoms with Crippen molar-refractivity contribution in [2.24, 2.45) is 0 Å². The van der Waals surface area contributed by atoms with Gasteiger partial charge in [-0.05, 0) is 34.7 Å². The van der Waals surface area contributed by atoms with Crippen LogP contribution in [0.2, 0.25) is 6.04 Å². The molecule has 5 aromatic rings. The maximum atomic E-state index is 4.70. The van der Waals surface area contributed by atoms with Gasteiger partial charge in [0, 0.05) is 34.0 Å². The Balaban J connectivity index is 1.20. The van der Waals surface area contributed by atoms with E-state index >= 15 is 0 Å². The normalized spacial score (nSPS) is 12.1. The van der Waals surface area contributed by atoms with Crippen molar-refractivity contribution in [2.75, 3.05) is 0 Å². The highest BCUT2D eigenvalue weighted by Crippen LogP contribution is 2.28. The van der Waals surface area contributed by atoms with Crippen molar-refractivity contribution >= 4 is 34.1 Å². The molecule has 0 N–H and O–H groups in total. The van der Waals surface area contributed by atoms with Crippen molar-refractivity contribution in [2.45, 2.75) is 24.6 Å². The molecule has 0 aliphatic carbocycles. The van der Waals surface area contributed by atoms with Crippen LogP contribution in [0.25, 0.3) is 11.5 Å². The standard InChI is InChI=1S/C35H34BN2Si/c1-5-15-29(16-6-1)27-34(32-21-11-4-12-22-32)36-35-37-24-25-38(35)28-39-26-14-13-23-33(30-17-7-2-8-18-30)31-19-9-3-10-20-31/h1-22,24-25,27,33H,23,26,28,39H2. The first kappa shape index (κ1) is 26.5. The smallest absolute Gasteiger partial charge is 0.241 e. The van der Waals surface area contributed by atoms with E-state index in [2.05, 4.69) is 158 Å². The van der Waals surface area contributed by atoms with Crippen LogP contribution in [0, 0.1) is 0 Å². The number of rotatable bonds is 12. The van der Waals surface area contributed by atoms with Gasteiger partial charge in [0.25, 0.3) is 0 Å². The Morgan fingerprint density at radius 1 is 0.744 bits per heavy atom. The Bertz CT molecular complexity index is 1420. The number of benzene rings is 4. The van der Waals surface area contributed by atoms with E-state index < -0.39 is 0 Å². The van der Waals surface area contributed by atoms with Crippen LogP contribution >= 0.6 is 0 Å². The number of hydrogen-bond acceptors (Lipinski definition) is 1. The Hall–Kier alpha value is -4.15. The lowest BCUT2D eigenvalue weighted by Crippen LogP contribution is -2.29. The van der Waals surface area contributed by atoms with Gasteiger partial charge in [-0.1, -0.05) is 145 Å². The summed E-state index contributed by atoms with van der Waals surface area (Å²) in [7, 11) is 1.91. The largest absolute Gasteiger partial charge is 0.347 e. The number of allylic oxidation sites excluding steroid dienone is 2. The zero-order valence-corrected chi connectivity index (χ0v) is 23.7. The maximum absolute atomic E-state index is 4.70. The lowest BCUT2D eigenvalue weighted by molar-refractivity contribution is 0.828. The number of aromatic nitrogens is 2. The third-order valence-electron chi connectivity index (χ3n) is 6.97. The van der Waals surface area contributed by atoms with E-state index in [1.165, 1.54) is 33.8 Å². The van der Waals surface area contributed by atoms with Crippen molar-refractivity contribution in [3.8, 4) is 0 Å². The minimum Gasteiger partial charge on any atom is -0.347 e. The van der Waals surface area contributed by atoms with E-state index in [-0.39, 0.29) is 9.52 Å². The Morgan fingerprint density at radius 3 is 1.97 bits per heavy atom. The molecular formula is C35H34BN2Si. The van der Waals surface area contributed by atoms with Crippen LogP contribution in [-0.4, -0.2) is 26.4 Å². The van der Waals surface area contributed by atoms with Gasteiger partial charge in [-0.3, -0.25) is 4.98 Å². The Labute approximate surface area is 235 Å². The quantitative estimate of drug-likeness (QED) is 0.0770. The molecule has 4 aromatic carbocycles. The van der Waals surface area contributed by atoms with Gasteiger partial charge in [-0.25, -0.2) is 0 Å². The zero-order valence-electron chi connectivity index (χ0n) is 22.3. The number of nitrogens with zero attached hydrogens (tertiary/aromatic N) is 2. The van der Waals surface area contributed by atoms with E-state index in [9.17, 15) is 0 Å². The fourth-order valence-corrected chi connectivity index (χ4v) is 6.29. The minimum absolute atomic E-state index is 0.306. The number of imidazole rings is 1. The summed E-state index contributed by atoms with van der Waals surface area (Å²) in [5.74, 6) is 0.396. The van der Waals surface area contributed by atoms with Gasteiger partial charge < -0.3 is 4.57 Å². The van der Waals surface area contributed by atoms with Gasteiger partial charge in [0.1, 0.15) is 0 Å². The first-order valence-corrected chi connectivity index (χ1v) is 15.8. The summed E-state index contributed by atoms with van der Waals surface area (Å²) in [6, 6.07) is 44.0. The molecular weight excluding hydrogens is 487 g/mol. The van der Waals surface area contributed by atoms with E-state index in [0.29, 0.717) is 5.92 Å². The Morgan fingerprint density at radius 2 is 1.33 bits per heavy atom. The molecule has 191 valence electrons. The van der Waals surface area contributed by atoms with Crippen LogP contribution in [0.3, 0.4) is 0 Å². The van der Waals surface area contributed by atoms with Crippen LogP contribution in [-0.2, 0) is 6.17 Å². The topological polar surface area (TPSA) is 17.8 Å². The molecule has 0 aliphatic rings. The summed E-state index contributed by atoms with van der Waals surface area (Å²) < 4.78 is 2.32. The average molecular weight is 522 g/mol. The molecule has 1 heterocycles. The first-order chi connectivity index (χ1) is 19.4. The summed E-state index contributed by atoms with van der Waals surface area (Å²) >= 11 is 0. The predicted octanol–water partition coefficient (Wildman–Crippen LogP) is 6.73. The van der Waals surface area contributed by atoms with E-state index in [1.54, 1.807) is 0 Å². The molecule has 1 aromatic heterocycles. The molecule has 0 aliphatic heterocycles. The summed E-state index contributed by atoms with van der Waals surface area (Å²) in [6.07, 6.45) is 13.2. The molecule has 0 unspecified atom stereocenters. The lowest BCUT2D eigenvalue weighted by Gasteiger charge is -2.16. The minimum atomic E-state index is -0.306. The van der Waals surface area contributed by atoms with Crippen LogP contribution < -0.4 is 5.72 Å².